The third-order valence-electron chi connectivity index (χ3n) is 4.89. The SMILES string of the molecule is CCN(CC)c1ccc(/C=C2/SC(=O)N(CNc3cccc(Cl)c3C)C2=O)cc1. The average molecular weight is 430 g/mol. The summed E-state index contributed by atoms with van der Waals surface area (Å²) in [5.41, 5.74) is 3.71. The lowest BCUT2D eigenvalue weighted by Crippen LogP contribution is -2.33. The van der Waals surface area contributed by atoms with Gasteiger partial charge in [-0.2, -0.15) is 0 Å². The van der Waals surface area contributed by atoms with Crippen LogP contribution in [0, 0.1) is 6.92 Å². The molecule has 0 bridgehead atoms. The van der Waals surface area contributed by atoms with E-state index in [-0.39, 0.29) is 17.8 Å². The number of thioether (sulfide) groups is 1. The van der Waals surface area contributed by atoms with E-state index in [1.807, 2.05) is 43.3 Å². The molecule has 0 aromatic heterocycles. The van der Waals surface area contributed by atoms with Crippen LogP contribution in [0.25, 0.3) is 6.08 Å². The molecule has 0 spiro atoms. The minimum atomic E-state index is -0.292. The van der Waals surface area contributed by atoms with Crippen LogP contribution in [0.3, 0.4) is 0 Å². The summed E-state index contributed by atoms with van der Waals surface area (Å²) in [5, 5.41) is 3.48. The molecular weight excluding hydrogens is 406 g/mol. The fraction of sp³-hybridized carbons (Fsp3) is 0.273. The summed E-state index contributed by atoms with van der Waals surface area (Å²) in [6.45, 7) is 8.10. The van der Waals surface area contributed by atoms with Crippen molar-refractivity contribution < 1.29 is 9.59 Å². The van der Waals surface area contributed by atoms with Crippen molar-refractivity contribution in [1.82, 2.24) is 4.90 Å². The van der Waals surface area contributed by atoms with Gasteiger partial charge in [0.1, 0.15) is 0 Å². The van der Waals surface area contributed by atoms with E-state index >= 15 is 0 Å². The predicted molar refractivity (Wildman–Crippen MR) is 122 cm³/mol. The normalized spacial score (nSPS) is 15.3. The largest absolute Gasteiger partial charge is 0.372 e. The van der Waals surface area contributed by atoms with Crippen LogP contribution in [-0.2, 0) is 4.79 Å². The number of anilines is 2. The first-order chi connectivity index (χ1) is 13.9. The highest BCUT2D eigenvalue weighted by Crippen LogP contribution is 2.33. The van der Waals surface area contributed by atoms with Gasteiger partial charge in [-0.3, -0.25) is 14.5 Å². The number of carbonyl (C=O) groups is 2. The fourth-order valence-electron chi connectivity index (χ4n) is 3.12. The molecule has 5 nitrogen and oxygen atoms in total. The summed E-state index contributed by atoms with van der Waals surface area (Å²) >= 11 is 7.09. The van der Waals surface area contributed by atoms with E-state index in [0.717, 1.165) is 47.4 Å². The highest BCUT2D eigenvalue weighted by Gasteiger charge is 2.34. The summed E-state index contributed by atoms with van der Waals surface area (Å²) in [4.78, 5) is 28.9. The molecule has 1 fully saturated rings. The minimum Gasteiger partial charge on any atom is -0.372 e. The maximum atomic E-state index is 12.7. The zero-order chi connectivity index (χ0) is 21.0. The average Bonchev–Trinajstić information content (AvgIpc) is 2.98. The fourth-order valence-corrected chi connectivity index (χ4v) is 4.13. The van der Waals surface area contributed by atoms with E-state index in [0.29, 0.717) is 9.93 Å². The summed E-state index contributed by atoms with van der Waals surface area (Å²) in [6, 6.07) is 13.5. The number of imide groups is 1. The molecule has 0 unspecified atom stereocenters. The first kappa shape index (κ1) is 21.3. The number of amides is 2. The monoisotopic (exact) mass is 429 g/mol. The van der Waals surface area contributed by atoms with Gasteiger partial charge in [0.15, 0.2) is 0 Å². The quantitative estimate of drug-likeness (QED) is 0.580. The number of halogens is 1. The molecule has 0 saturated carbocycles. The van der Waals surface area contributed by atoms with E-state index < -0.39 is 0 Å². The molecule has 3 rings (SSSR count). The van der Waals surface area contributed by atoms with Gasteiger partial charge >= 0.3 is 0 Å². The lowest BCUT2D eigenvalue weighted by Gasteiger charge is -2.20. The number of rotatable bonds is 7. The Morgan fingerprint density at radius 3 is 2.45 bits per heavy atom. The number of nitrogens with one attached hydrogen (secondary N) is 1. The van der Waals surface area contributed by atoms with Crippen molar-refractivity contribution in [3.63, 3.8) is 0 Å². The molecule has 0 atom stereocenters. The lowest BCUT2D eigenvalue weighted by molar-refractivity contribution is -0.122. The number of carbonyl (C=O) groups excluding carboxylic acids is 2. The number of benzene rings is 2. The van der Waals surface area contributed by atoms with E-state index in [1.54, 1.807) is 12.1 Å². The van der Waals surface area contributed by atoms with Crippen molar-refractivity contribution in [3.8, 4) is 0 Å². The van der Waals surface area contributed by atoms with Crippen LogP contribution in [0.5, 0.6) is 0 Å². The smallest absolute Gasteiger partial charge is 0.295 e. The van der Waals surface area contributed by atoms with Crippen LogP contribution < -0.4 is 10.2 Å². The van der Waals surface area contributed by atoms with Gasteiger partial charge in [0.25, 0.3) is 11.1 Å². The Balaban J connectivity index is 1.70. The van der Waals surface area contributed by atoms with Crippen molar-refractivity contribution in [1.29, 1.82) is 0 Å². The zero-order valence-electron chi connectivity index (χ0n) is 16.7. The molecule has 1 aliphatic heterocycles. The van der Waals surface area contributed by atoms with Gasteiger partial charge in [-0.1, -0.05) is 29.8 Å². The van der Waals surface area contributed by atoms with Gasteiger partial charge in [0.2, 0.25) is 0 Å². The topological polar surface area (TPSA) is 52.7 Å². The molecule has 1 heterocycles. The van der Waals surface area contributed by atoms with Gasteiger partial charge < -0.3 is 10.2 Å². The molecule has 2 aromatic rings. The number of hydrogen-bond donors (Lipinski definition) is 1. The van der Waals surface area contributed by atoms with Crippen LogP contribution in [0.15, 0.2) is 47.4 Å². The summed E-state index contributed by atoms with van der Waals surface area (Å²) in [5.74, 6) is -0.292. The van der Waals surface area contributed by atoms with Gasteiger partial charge in [0.05, 0.1) is 11.6 Å². The zero-order valence-corrected chi connectivity index (χ0v) is 18.3. The summed E-state index contributed by atoms with van der Waals surface area (Å²) < 4.78 is 0. The highest BCUT2D eigenvalue weighted by atomic mass is 35.5. The lowest BCUT2D eigenvalue weighted by atomic mass is 10.1. The molecular formula is C22H24ClN3O2S. The van der Waals surface area contributed by atoms with E-state index in [4.69, 9.17) is 11.6 Å². The Morgan fingerprint density at radius 1 is 1.10 bits per heavy atom. The maximum absolute atomic E-state index is 12.7. The number of hydrogen-bond acceptors (Lipinski definition) is 5. The molecule has 2 aromatic carbocycles. The van der Waals surface area contributed by atoms with Crippen LogP contribution in [-0.4, -0.2) is 35.8 Å². The molecule has 152 valence electrons. The summed E-state index contributed by atoms with van der Waals surface area (Å²) in [6.07, 6.45) is 1.77. The van der Waals surface area contributed by atoms with E-state index in [1.165, 1.54) is 4.90 Å². The van der Waals surface area contributed by atoms with Gasteiger partial charge in [-0.15, -0.1) is 0 Å². The molecule has 0 aliphatic carbocycles. The van der Waals surface area contributed by atoms with Crippen LogP contribution in [0.4, 0.5) is 16.2 Å². The molecule has 2 amide bonds. The van der Waals surface area contributed by atoms with Crippen LogP contribution in [0.1, 0.15) is 25.0 Å². The molecule has 1 N–H and O–H groups in total. The Hall–Kier alpha value is -2.44. The molecule has 7 heteroatoms. The minimum absolute atomic E-state index is 0.101. The van der Waals surface area contributed by atoms with Crippen molar-refractivity contribution in [2.24, 2.45) is 0 Å². The van der Waals surface area contributed by atoms with Gasteiger partial charge in [-0.05, 0) is 74.0 Å². The molecule has 1 aliphatic rings. The van der Waals surface area contributed by atoms with Crippen LogP contribution >= 0.6 is 23.4 Å². The Bertz CT molecular complexity index is 940. The standard InChI is InChI=1S/C22H24ClN3O2S/c1-4-25(5-2)17-11-9-16(10-12-17)13-20-21(27)26(22(28)29-20)14-24-19-8-6-7-18(23)15(19)3/h6-13,24H,4-5,14H2,1-3H3/b20-13+. The van der Waals surface area contributed by atoms with Gasteiger partial charge in [0, 0.05) is 29.5 Å². The van der Waals surface area contributed by atoms with Crippen molar-refractivity contribution in [2.75, 3.05) is 30.0 Å². The molecule has 0 radical (unpaired) electrons. The second-order valence-corrected chi connectivity index (χ2v) is 8.02. The molecule has 29 heavy (non-hydrogen) atoms. The molecule has 1 saturated heterocycles. The first-order valence-electron chi connectivity index (χ1n) is 9.54. The third kappa shape index (κ3) is 4.77. The maximum Gasteiger partial charge on any atom is 0.295 e. The Morgan fingerprint density at radius 2 is 1.79 bits per heavy atom. The van der Waals surface area contributed by atoms with Gasteiger partial charge in [-0.25, -0.2) is 0 Å². The third-order valence-corrected chi connectivity index (χ3v) is 6.21. The highest BCUT2D eigenvalue weighted by molar-refractivity contribution is 8.18. The van der Waals surface area contributed by atoms with Crippen molar-refractivity contribution in [3.05, 3.63) is 63.5 Å². The van der Waals surface area contributed by atoms with Crippen LogP contribution in [0.2, 0.25) is 5.02 Å². The second-order valence-electron chi connectivity index (χ2n) is 6.62. The number of nitrogens with zero attached hydrogens (tertiary/aromatic N) is 2. The first-order valence-corrected chi connectivity index (χ1v) is 10.7. The Labute approximate surface area is 180 Å². The predicted octanol–water partition coefficient (Wildman–Crippen LogP) is 5.60. The van der Waals surface area contributed by atoms with Crippen molar-refractivity contribution in [2.45, 2.75) is 20.8 Å². The van der Waals surface area contributed by atoms with Crippen molar-refractivity contribution >= 4 is 52.0 Å². The second kappa shape index (κ2) is 9.37. The van der Waals surface area contributed by atoms with E-state index in [2.05, 4.69) is 24.1 Å². The van der Waals surface area contributed by atoms with E-state index in [9.17, 15) is 9.59 Å². The Kier molecular flexibility index (Phi) is 6.87. The summed E-state index contributed by atoms with van der Waals surface area (Å²) in [7, 11) is 0.